The van der Waals surface area contributed by atoms with E-state index in [0.717, 1.165) is 10.9 Å². The van der Waals surface area contributed by atoms with Crippen LogP contribution < -0.4 is 20.2 Å². The fraction of sp³-hybridized carbons (Fsp3) is 0.241. The van der Waals surface area contributed by atoms with Crippen molar-refractivity contribution in [3.05, 3.63) is 73.1 Å². The Morgan fingerprint density at radius 3 is 2.54 bits per heavy atom. The molecule has 0 bridgehead atoms. The number of hydrogen-bond acceptors (Lipinski definition) is 8. The van der Waals surface area contributed by atoms with Gasteiger partial charge in [-0.25, -0.2) is 14.8 Å². The standard InChI is InChI=1S/C29H31N5O5/c1-7-26(35)31-19-12-13-25(37-6)23(14-19)32-29-30-15-21(28(36)38-17(2)3)27(33-29)22-16-34(39-18(4)5)24-11-9-8-10-20(22)24/h7-18H,1H2,2-6H3,(H,31,35)(H,30,32,33). The summed E-state index contributed by atoms with van der Waals surface area (Å²) >= 11 is 0. The van der Waals surface area contributed by atoms with Gasteiger partial charge in [0, 0.05) is 22.8 Å². The van der Waals surface area contributed by atoms with Crippen LogP contribution in [0.5, 0.6) is 5.75 Å². The Labute approximate surface area is 226 Å². The fourth-order valence-electron chi connectivity index (χ4n) is 3.92. The molecule has 0 unspecified atom stereocenters. The maximum atomic E-state index is 13.1. The third-order valence-corrected chi connectivity index (χ3v) is 5.51. The molecule has 202 valence electrons. The minimum atomic E-state index is -0.542. The van der Waals surface area contributed by atoms with Gasteiger partial charge in [0.25, 0.3) is 0 Å². The first kappa shape index (κ1) is 27.2. The SMILES string of the molecule is C=CC(=O)Nc1ccc(OC)c(Nc2ncc(C(=O)OC(C)C)c(-c3cn(OC(C)C)c4ccccc34)n2)c1. The minimum Gasteiger partial charge on any atom is -0.495 e. The number of amides is 1. The lowest BCUT2D eigenvalue weighted by Crippen LogP contribution is -2.17. The molecule has 0 radical (unpaired) electrons. The third kappa shape index (κ3) is 6.18. The quantitative estimate of drug-likeness (QED) is 0.208. The number of ether oxygens (including phenoxy) is 2. The summed E-state index contributed by atoms with van der Waals surface area (Å²) in [6, 6.07) is 12.8. The van der Waals surface area contributed by atoms with Crippen molar-refractivity contribution >= 4 is 40.1 Å². The lowest BCUT2D eigenvalue weighted by molar-refractivity contribution is -0.111. The number of aromatic nitrogens is 3. The Bertz CT molecular complexity index is 1530. The van der Waals surface area contributed by atoms with Gasteiger partial charge < -0.3 is 24.9 Å². The van der Waals surface area contributed by atoms with Crippen molar-refractivity contribution in [2.24, 2.45) is 0 Å². The van der Waals surface area contributed by atoms with Crippen molar-refractivity contribution in [2.45, 2.75) is 39.9 Å². The average Bonchev–Trinajstić information content (AvgIpc) is 3.26. The monoisotopic (exact) mass is 529 g/mol. The van der Waals surface area contributed by atoms with Crippen molar-refractivity contribution in [3.63, 3.8) is 0 Å². The van der Waals surface area contributed by atoms with Gasteiger partial charge in [-0.05, 0) is 58.0 Å². The van der Waals surface area contributed by atoms with Crippen LogP contribution in [0.4, 0.5) is 17.3 Å². The Morgan fingerprint density at radius 1 is 1.08 bits per heavy atom. The van der Waals surface area contributed by atoms with Crippen molar-refractivity contribution < 1.29 is 23.9 Å². The number of benzene rings is 2. The Hall–Kier alpha value is -4.86. The van der Waals surface area contributed by atoms with E-state index in [9.17, 15) is 9.59 Å². The molecule has 2 heterocycles. The average molecular weight is 530 g/mol. The summed E-state index contributed by atoms with van der Waals surface area (Å²) < 4.78 is 12.6. The van der Waals surface area contributed by atoms with Gasteiger partial charge >= 0.3 is 5.97 Å². The molecule has 0 aliphatic heterocycles. The number of fused-ring (bicyclic) bond motifs is 1. The highest BCUT2D eigenvalue weighted by molar-refractivity contribution is 6.03. The summed E-state index contributed by atoms with van der Waals surface area (Å²) in [4.78, 5) is 40.0. The highest BCUT2D eigenvalue weighted by Crippen LogP contribution is 2.34. The van der Waals surface area contributed by atoms with E-state index in [4.69, 9.17) is 19.3 Å². The van der Waals surface area contributed by atoms with Crippen LogP contribution in [0.1, 0.15) is 38.1 Å². The van der Waals surface area contributed by atoms with Gasteiger partial charge in [0.15, 0.2) is 0 Å². The molecular formula is C29H31N5O5. The number of methoxy groups -OCH3 is 1. The lowest BCUT2D eigenvalue weighted by Gasteiger charge is -2.15. The topological polar surface area (TPSA) is 117 Å². The molecule has 1 amide bonds. The molecule has 0 aliphatic carbocycles. The highest BCUT2D eigenvalue weighted by atomic mass is 16.7. The molecule has 0 spiro atoms. The van der Waals surface area contributed by atoms with E-state index < -0.39 is 5.97 Å². The smallest absolute Gasteiger partial charge is 0.342 e. The molecule has 39 heavy (non-hydrogen) atoms. The van der Waals surface area contributed by atoms with Crippen molar-refractivity contribution in [2.75, 3.05) is 17.7 Å². The maximum absolute atomic E-state index is 13.1. The van der Waals surface area contributed by atoms with Crippen LogP contribution in [0.3, 0.4) is 0 Å². The number of nitrogens with one attached hydrogen (secondary N) is 2. The van der Waals surface area contributed by atoms with E-state index in [0.29, 0.717) is 28.4 Å². The zero-order valence-corrected chi connectivity index (χ0v) is 22.5. The molecule has 2 N–H and O–H groups in total. The van der Waals surface area contributed by atoms with Gasteiger partial charge in [-0.15, -0.1) is 0 Å². The number of para-hydroxylation sites is 1. The number of carbonyl (C=O) groups excluding carboxylic acids is 2. The molecule has 4 aromatic rings. The van der Waals surface area contributed by atoms with Crippen LogP contribution in [0, 0.1) is 0 Å². The van der Waals surface area contributed by atoms with Crippen LogP contribution >= 0.6 is 0 Å². The maximum Gasteiger partial charge on any atom is 0.342 e. The first-order chi connectivity index (χ1) is 18.7. The van der Waals surface area contributed by atoms with Gasteiger partial charge in [-0.3, -0.25) is 4.79 Å². The zero-order valence-electron chi connectivity index (χ0n) is 22.5. The van der Waals surface area contributed by atoms with E-state index >= 15 is 0 Å². The summed E-state index contributed by atoms with van der Waals surface area (Å²) in [5, 5.41) is 6.70. The van der Waals surface area contributed by atoms with Crippen molar-refractivity contribution in [3.8, 4) is 17.0 Å². The van der Waals surface area contributed by atoms with Gasteiger partial charge in [-0.2, -0.15) is 4.73 Å². The molecule has 0 atom stereocenters. The molecule has 10 nitrogen and oxygen atoms in total. The fourth-order valence-corrected chi connectivity index (χ4v) is 3.92. The molecule has 4 rings (SSSR count). The summed E-state index contributed by atoms with van der Waals surface area (Å²) in [6.45, 7) is 10.9. The second kappa shape index (κ2) is 11.7. The molecule has 0 fully saturated rings. The summed E-state index contributed by atoms with van der Waals surface area (Å²) in [5.74, 6) is -0.183. The number of nitrogens with zero attached hydrogens (tertiary/aromatic N) is 3. The van der Waals surface area contributed by atoms with Crippen LogP contribution in [-0.2, 0) is 9.53 Å². The molecule has 2 aromatic heterocycles. The van der Waals surface area contributed by atoms with E-state index in [1.807, 2.05) is 38.1 Å². The Kier molecular flexibility index (Phi) is 8.14. The first-order valence-electron chi connectivity index (χ1n) is 12.4. The number of carbonyl (C=O) groups is 2. The normalized spacial score (nSPS) is 10.9. The Morgan fingerprint density at radius 2 is 1.85 bits per heavy atom. The van der Waals surface area contributed by atoms with Gasteiger partial charge in [0.2, 0.25) is 11.9 Å². The van der Waals surface area contributed by atoms with E-state index in [1.54, 1.807) is 43.0 Å². The molecule has 10 heteroatoms. The van der Waals surface area contributed by atoms with Crippen LogP contribution in [0.2, 0.25) is 0 Å². The third-order valence-electron chi connectivity index (χ3n) is 5.51. The predicted molar refractivity (Wildman–Crippen MR) is 150 cm³/mol. The van der Waals surface area contributed by atoms with Crippen LogP contribution in [0.15, 0.2) is 67.5 Å². The second-order valence-corrected chi connectivity index (χ2v) is 9.18. The molecule has 2 aromatic carbocycles. The van der Waals surface area contributed by atoms with Crippen LogP contribution in [0.25, 0.3) is 22.2 Å². The number of rotatable bonds is 10. The molecule has 0 saturated carbocycles. The van der Waals surface area contributed by atoms with Crippen LogP contribution in [-0.4, -0.2) is 45.9 Å². The predicted octanol–water partition coefficient (Wildman–Crippen LogP) is 5.38. The second-order valence-electron chi connectivity index (χ2n) is 9.18. The molecular weight excluding hydrogens is 498 g/mol. The summed E-state index contributed by atoms with van der Waals surface area (Å²) in [6.07, 6.45) is 4.01. The highest BCUT2D eigenvalue weighted by Gasteiger charge is 2.23. The number of anilines is 3. The van der Waals surface area contributed by atoms with Crippen molar-refractivity contribution in [1.82, 2.24) is 14.7 Å². The zero-order chi connectivity index (χ0) is 28.1. The summed E-state index contributed by atoms with van der Waals surface area (Å²) in [7, 11) is 1.53. The summed E-state index contributed by atoms with van der Waals surface area (Å²) in [5.41, 5.74) is 3.11. The first-order valence-corrected chi connectivity index (χ1v) is 12.4. The Balaban J connectivity index is 1.84. The lowest BCUT2D eigenvalue weighted by atomic mass is 10.1. The minimum absolute atomic E-state index is 0.0806. The van der Waals surface area contributed by atoms with E-state index in [2.05, 4.69) is 22.2 Å². The van der Waals surface area contributed by atoms with Gasteiger partial charge in [0.05, 0.1) is 36.3 Å². The van der Waals surface area contributed by atoms with E-state index in [-0.39, 0.29) is 29.6 Å². The van der Waals surface area contributed by atoms with Crippen molar-refractivity contribution in [1.29, 1.82) is 0 Å². The number of hydrogen-bond donors (Lipinski definition) is 2. The van der Waals surface area contributed by atoms with Gasteiger partial charge in [0.1, 0.15) is 17.4 Å². The van der Waals surface area contributed by atoms with Gasteiger partial charge in [-0.1, -0.05) is 24.8 Å². The van der Waals surface area contributed by atoms with E-state index in [1.165, 1.54) is 19.4 Å². The molecule has 0 aliphatic rings. The number of esters is 1. The molecule has 0 saturated heterocycles. The largest absolute Gasteiger partial charge is 0.495 e.